The summed E-state index contributed by atoms with van der Waals surface area (Å²) in [7, 11) is 0. The molecule has 2 N–H and O–H groups in total. The standard InChI is InChI=1S/C18H20ClN3O2/c1-12-4-5-13(19)9-17(12)22-18(23)16-7-6-14(10-21-16)20-11-15-3-2-8-24-15/h4-7,9-10,15,20H,2-3,8,11H2,1H3,(H,22,23). The van der Waals surface area contributed by atoms with Crippen molar-refractivity contribution >= 4 is 28.9 Å². The monoisotopic (exact) mass is 345 g/mol. The normalized spacial score (nSPS) is 16.8. The first-order valence-corrected chi connectivity index (χ1v) is 8.38. The number of halogens is 1. The lowest BCUT2D eigenvalue weighted by molar-refractivity contribution is 0.102. The molecule has 1 unspecified atom stereocenters. The molecule has 1 aromatic heterocycles. The minimum absolute atomic E-state index is 0.258. The molecule has 3 rings (SSSR count). The van der Waals surface area contributed by atoms with Crippen LogP contribution >= 0.6 is 11.6 Å². The second-order valence-corrected chi connectivity index (χ2v) is 6.30. The summed E-state index contributed by atoms with van der Waals surface area (Å²) in [4.78, 5) is 16.5. The average molecular weight is 346 g/mol. The predicted molar refractivity (Wildman–Crippen MR) is 95.8 cm³/mol. The molecule has 1 atom stereocenters. The van der Waals surface area contributed by atoms with Crippen molar-refractivity contribution in [3.05, 3.63) is 52.8 Å². The number of carbonyl (C=O) groups is 1. The predicted octanol–water partition coefficient (Wildman–Crippen LogP) is 3.89. The Morgan fingerprint density at radius 1 is 1.38 bits per heavy atom. The first-order valence-electron chi connectivity index (χ1n) is 8.01. The molecular formula is C18H20ClN3O2. The van der Waals surface area contributed by atoms with Crippen LogP contribution in [0, 0.1) is 6.92 Å². The number of nitrogens with zero attached hydrogens (tertiary/aromatic N) is 1. The summed E-state index contributed by atoms with van der Waals surface area (Å²) in [6.45, 7) is 3.51. The van der Waals surface area contributed by atoms with Gasteiger partial charge < -0.3 is 15.4 Å². The molecule has 24 heavy (non-hydrogen) atoms. The van der Waals surface area contributed by atoms with Crippen LogP contribution in [-0.2, 0) is 4.74 Å². The van der Waals surface area contributed by atoms with Crippen molar-refractivity contribution in [1.29, 1.82) is 0 Å². The van der Waals surface area contributed by atoms with Gasteiger partial charge in [0.2, 0.25) is 0 Å². The topological polar surface area (TPSA) is 63.2 Å². The summed E-state index contributed by atoms with van der Waals surface area (Å²) in [6, 6.07) is 8.93. The number of aryl methyl sites for hydroxylation is 1. The van der Waals surface area contributed by atoms with E-state index in [1.807, 2.05) is 19.1 Å². The van der Waals surface area contributed by atoms with Crippen molar-refractivity contribution in [3.63, 3.8) is 0 Å². The summed E-state index contributed by atoms with van der Waals surface area (Å²) < 4.78 is 5.57. The number of amides is 1. The molecule has 0 radical (unpaired) electrons. The van der Waals surface area contributed by atoms with Crippen LogP contribution in [0.4, 0.5) is 11.4 Å². The third kappa shape index (κ3) is 4.24. The quantitative estimate of drug-likeness (QED) is 0.863. The molecule has 1 aliphatic rings. The number of pyridine rings is 1. The number of ether oxygens (including phenoxy) is 1. The van der Waals surface area contributed by atoms with E-state index in [-0.39, 0.29) is 12.0 Å². The Hall–Kier alpha value is -2.11. The molecular weight excluding hydrogens is 326 g/mol. The van der Waals surface area contributed by atoms with Crippen molar-refractivity contribution in [1.82, 2.24) is 4.98 Å². The lowest BCUT2D eigenvalue weighted by atomic mass is 10.2. The number of rotatable bonds is 5. The third-order valence-electron chi connectivity index (χ3n) is 4.00. The fourth-order valence-electron chi connectivity index (χ4n) is 2.59. The number of anilines is 2. The summed E-state index contributed by atoms with van der Waals surface area (Å²) in [5.41, 5.74) is 2.87. The molecule has 2 heterocycles. The number of nitrogens with one attached hydrogen (secondary N) is 2. The van der Waals surface area contributed by atoms with Crippen molar-refractivity contribution in [2.75, 3.05) is 23.8 Å². The summed E-state index contributed by atoms with van der Waals surface area (Å²) in [5.74, 6) is -0.258. The van der Waals surface area contributed by atoms with Crippen LogP contribution in [0.5, 0.6) is 0 Å². The number of aromatic nitrogens is 1. The van der Waals surface area contributed by atoms with Gasteiger partial charge in [-0.2, -0.15) is 0 Å². The molecule has 1 aliphatic heterocycles. The van der Waals surface area contributed by atoms with Crippen molar-refractivity contribution in [3.8, 4) is 0 Å². The van der Waals surface area contributed by atoms with E-state index in [0.717, 1.165) is 37.2 Å². The van der Waals surface area contributed by atoms with Gasteiger partial charge in [0.25, 0.3) is 5.91 Å². The van der Waals surface area contributed by atoms with Gasteiger partial charge in [0.1, 0.15) is 5.69 Å². The maximum atomic E-state index is 12.3. The zero-order valence-corrected chi connectivity index (χ0v) is 14.3. The molecule has 0 bridgehead atoms. The molecule has 1 fully saturated rings. The second kappa shape index (κ2) is 7.64. The van der Waals surface area contributed by atoms with Crippen LogP contribution in [0.15, 0.2) is 36.5 Å². The van der Waals surface area contributed by atoms with Crippen LogP contribution in [0.3, 0.4) is 0 Å². The van der Waals surface area contributed by atoms with Crippen LogP contribution < -0.4 is 10.6 Å². The van der Waals surface area contributed by atoms with Gasteiger partial charge >= 0.3 is 0 Å². The fourth-order valence-corrected chi connectivity index (χ4v) is 2.76. The molecule has 0 spiro atoms. The Morgan fingerprint density at radius 2 is 2.25 bits per heavy atom. The molecule has 0 aliphatic carbocycles. The van der Waals surface area contributed by atoms with E-state index in [4.69, 9.17) is 16.3 Å². The third-order valence-corrected chi connectivity index (χ3v) is 4.24. The largest absolute Gasteiger partial charge is 0.381 e. The Balaban J connectivity index is 1.59. The van der Waals surface area contributed by atoms with Crippen LogP contribution in [0.25, 0.3) is 0 Å². The van der Waals surface area contributed by atoms with E-state index in [0.29, 0.717) is 16.4 Å². The lowest BCUT2D eigenvalue weighted by Crippen LogP contribution is -2.19. The van der Waals surface area contributed by atoms with Crippen LogP contribution in [0.2, 0.25) is 5.02 Å². The highest BCUT2D eigenvalue weighted by atomic mass is 35.5. The lowest BCUT2D eigenvalue weighted by Gasteiger charge is -2.12. The number of carbonyl (C=O) groups excluding carboxylic acids is 1. The Morgan fingerprint density at radius 3 is 2.96 bits per heavy atom. The van der Waals surface area contributed by atoms with Gasteiger partial charge in [0, 0.05) is 23.9 Å². The molecule has 1 aromatic carbocycles. The van der Waals surface area contributed by atoms with Crippen LogP contribution in [0.1, 0.15) is 28.9 Å². The van der Waals surface area contributed by atoms with E-state index in [1.54, 1.807) is 24.4 Å². The zero-order valence-electron chi connectivity index (χ0n) is 13.5. The molecule has 2 aromatic rings. The molecule has 0 saturated carbocycles. The number of hydrogen-bond donors (Lipinski definition) is 2. The highest BCUT2D eigenvalue weighted by Crippen LogP contribution is 2.21. The van der Waals surface area contributed by atoms with E-state index in [9.17, 15) is 4.79 Å². The Bertz CT molecular complexity index is 713. The average Bonchev–Trinajstić information content (AvgIpc) is 3.10. The van der Waals surface area contributed by atoms with Gasteiger partial charge in [0.15, 0.2) is 0 Å². The smallest absolute Gasteiger partial charge is 0.274 e. The SMILES string of the molecule is Cc1ccc(Cl)cc1NC(=O)c1ccc(NCC2CCCO2)cn1. The molecule has 1 saturated heterocycles. The van der Waals surface area contributed by atoms with Gasteiger partial charge in [-0.1, -0.05) is 17.7 Å². The second-order valence-electron chi connectivity index (χ2n) is 5.86. The highest BCUT2D eigenvalue weighted by Gasteiger charge is 2.15. The minimum Gasteiger partial charge on any atom is -0.381 e. The van der Waals surface area contributed by atoms with E-state index in [2.05, 4.69) is 15.6 Å². The highest BCUT2D eigenvalue weighted by molar-refractivity contribution is 6.31. The molecule has 1 amide bonds. The van der Waals surface area contributed by atoms with Crippen molar-refractivity contribution < 1.29 is 9.53 Å². The first kappa shape index (κ1) is 16.7. The maximum Gasteiger partial charge on any atom is 0.274 e. The summed E-state index contributed by atoms with van der Waals surface area (Å²) >= 11 is 5.97. The minimum atomic E-state index is -0.258. The first-order chi connectivity index (χ1) is 11.6. The molecule has 126 valence electrons. The van der Waals surface area contributed by atoms with Crippen molar-refractivity contribution in [2.45, 2.75) is 25.9 Å². The number of benzene rings is 1. The Labute approximate surface area is 146 Å². The van der Waals surface area contributed by atoms with Gasteiger partial charge in [-0.15, -0.1) is 0 Å². The van der Waals surface area contributed by atoms with Gasteiger partial charge in [0.05, 0.1) is 18.0 Å². The van der Waals surface area contributed by atoms with E-state index in [1.165, 1.54) is 0 Å². The molecule has 6 heteroatoms. The van der Waals surface area contributed by atoms with Crippen LogP contribution in [-0.4, -0.2) is 30.1 Å². The van der Waals surface area contributed by atoms with Gasteiger partial charge in [-0.3, -0.25) is 4.79 Å². The number of hydrogen-bond acceptors (Lipinski definition) is 4. The fraction of sp³-hybridized carbons (Fsp3) is 0.333. The maximum absolute atomic E-state index is 12.3. The zero-order chi connectivity index (χ0) is 16.9. The molecule has 5 nitrogen and oxygen atoms in total. The summed E-state index contributed by atoms with van der Waals surface area (Å²) in [5, 5.41) is 6.70. The summed E-state index contributed by atoms with van der Waals surface area (Å²) in [6.07, 6.45) is 4.13. The van der Waals surface area contributed by atoms with Crippen molar-refractivity contribution in [2.24, 2.45) is 0 Å². The van der Waals surface area contributed by atoms with Gasteiger partial charge in [-0.25, -0.2) is 4.98 Å². The van der Waals surface area contributed by atoms with E-state index < -0.39 is 0 Å². The van der Waals surface area contributed by atoms with Gasteiger partial charge in [-0.05, 0) is 49.6 Å². The Kier molecular flexibility index (Phi) is 5.33. The van der Waals surface area contributed by atoms with E-state index >= 15 is 0 Å².